The SMILES string of the molecule is C=CN.CCc1ccccc1.CNCCN.Nc1ccccc1. The molecule has 0 radical (unpaired) electrons. The van der Waals surface area contributed by atoms with Crippen molar-refractivity contribution in [2.24, 2.45) is 11.5 Å². The first-order valence-electron chi connectivity index (χ1n) is 7.67. The number of para-hydroxylation sites is 1. The Kier molecular flexibility index (Phi) is 19.7. The van der Waals surface area contributed by atoms with Crippen LogP contribution in [-0.2, 0) is 6.42 Å². The predicted molar refractivity (Wildman–Crippen MR) is 104 cm³/mol. The number of aryl methyl sites for hydroxylation is 1. The maximum absolute atomic E-state index is 5.36. The molecule has 0 spiro atoms. The molecule has 0 heterocycles. The van der Waals surface area contributed by atoms with Gasteiger partial charge in [0.15, 0.2) is 0 Å². The number of likely N-dealkylation sites (N-methyl/N-ethyl adjacent to an activating group) is 1. The lowest BCUT2D eigenvalue weighted by atomic mass is 10.2. The molecule has 0 aliphatic carbocycles. The fraction of sp³-hybridized carbons (Fsp3) is 0.263. The van der Waals surface area contributed by atoms with Crippen molar-refractivity contribution in [3.05, 3.63) is 79.0 Å². The topological polar surface area (TPSA) is 90.1 Å². The fourth-order valence-corrected chi connectivity index (χ4v) is 1.31. The zero-order valence-electron chi connectivity index (χ0n) is 14.4. The number of hydrogen-bond donors (Lipinski definition) is 4. The van der Waals surface area contributed by atoms with Crippen LogP contribution in [0, 0.1) is 0 Å². The van der Waals surface area contributed by atoms with E-state index in [0.717, 1.165) is 25.2 Å². The zero-order valence-corrected chi connectivity index (χ0v) is 14.4. The second kappa shape index (κ2) is 19.7. The van der Waals surface area contributed by atoms with Crippen LogP contribution in [0.25, 0.3) is 0 Å². The van der Waals surface area contributed by atoms with Crippen LogP contribution < -0.4 is 22.5 Å². The van der Waals surface area contributed by atoms with E-state index in [4.69, 9.17) is 11.5 Å². The van der Waals surface area contributed by atoms with Crippen molar-refractivity contribution >= 4 is 5.69 Å². The Balaban J connectivity index is 0. The normalized spacial score (nSPS) is 8.13. The smallest absolute Gasteiger partial charge is 0.0313 e. The quantitative estimate of drug-likeness (QED) is 0.655. The van der Waals surface area contributed by atoms with Crippen LogP contribution in [-0.4, -0.2) is 20.1 Å². The number of nitrogens with two attached hydrogens (primary N) is 3. The van der Waals surface area contributed by atoms with Crippen molar-refractivity contribution < 1.29 is 0 Å². The molecule has 4 heteroatoms. The second-order valence-electron chi connectivity index (χ2n) is 4.38. The highest BCUT2D eigenvalue weighted by Crippen LogP contribution is 1.97. The minimum atomic E-state index is 0.733. The molecular weight excluding hydrogens is 284 g/mol. The van der Waals surface area contributed by atoms with Gasteiger partial charge in [-0.05, 0) is 37.4 Å². The van der Waals surface area contributed by atoms with Crippen molar-refractivity contribution in [3.8, 4) is 0 Å². The van der Waals surface area contributed by atoms with Gasteiger partial charge in [0.25, 0.3) is 0 Å². The maximum atomic E-state index is 5.36. The second-order valence-corrected chi connectivity index (χ2v) is 4.38. The molecule has 0 aliphatic heterocycles. The number of hydrogen-bond acceptors (Lipinski definition) is 4. The molecule has 23 heavy (non-hydrogen) atoms. The average Bonchev–Trinajstić information content (AvgIpc) is 2.59. The largest absolute Gasteiger partial charge is 0.405 e. The molecule has 0 bridgehead atoms. The van der Waals surface area contributed by atoms with Gasteiger partial charge in [-0.15, -0.1) is 0 Å². The highest BCUT2D eigenvalue weighted by Gasteiger charge is 1.80. The lowest BCUT2D eigenvalue weighted by Gasteiger charge is -1.89. The van der Waals surface area contributed by atoms with Crippen LogP contribution in [0.3, 0.4) is 0 Å². The van der Waals surface area contributed by atoms with E-state index in [1.807, 2.05) is 43.4 Å². The van der Waals surface area contributed by atoms with E-state index in [0.29, 0.717) is 0 Å². The van der Waals surface area contributed by atoms with Crippen molar-refractivity contribution in [3.63, 3.8) is 0 Å². The van der Waals surface area contributed by atoms with Crippen LogP contribution in [0.15, 0.2) is 73.4 Å². The standard InChI is InChI=1S/C8H10.C6H7N.C3H10N2.C2H5N/c1-2-8-6-4-3-5-7-8;7-6-4-2-1-3-5-6;1-5-3-2-4;1-2-3/h3-7H,2H2,1H3;1-5H,7H2;5H,2-4H2,1H3;2H,1,3H2. The van der Waals surface area contributed by atoms with E-state index in [9.17, 15) is 0 Å². The Morgan fingerprint density at radius 2 is 1.43 bits per heavy atom. The molecule has 0 saturated carbocycles. The van der Waals surface area contributed by atoms with Crippen molar-refractivity contribution in [2.75, 3.05) is 25.9 Å². The third kappa shape index (κ3) is 19.7. The van der Waals surface area contributed by atoms with Gasteiger partial charge in [0.2, 0.25) is 0 Å². The minimum Gasteiger partial charge on any atom is -0.405 e. The maximum Gasteiger partial charge on any atom is 0.0313 e. The molecule has 0 aliphatic rings. The molecule has 2 rings (SSSR count). The zero-order chi connectivity index (χ0) is 17.8. The summed E-state index contributed by atoms with van der Waals surface area (Å²) in [6, 6.07) is 19.9. The van der Waals surface area contributed by atoms with E-state index in [1.165, 1.54) is 11.8 Å². The molecule has 0 saturated heterocycles. The van der Waals surface area contributed by atoms with Crippen LogP contribution in [0.2, 0.25) is 0 Å². The number of rotatable bonds is 3. The van der Waals surface area contributed by atoms with Crippen LogP contribution in [0.5, 0.6) is 0 Å². The van der Waals surface area contributed by atoms with Crippen molar-refractivity contribution in [1.82, 2.24) is 5.32 Å². The lowest BCUT2D eigenvalue weighted by molar-refractivity contribution is 0.802. The minimum absolute atomic E-state index is 0.733. The number of benzene rings is 2. The average molecular weight is 316 g/mol. The van der Waals surface area contributed by atoms with Crippen molar-refractivity contribution in [1.29, 1.82) is 0 Å². The first kappa shape index (κ1) is 23.0. The van der Waals surface area contributed by atoms with E-state index in [1.54, 1.807) is 0 Å². The van der Waals surface area contributed by atoms with Gasteiger partial charge in [-0.3, -0.25) is 0 Å². The molecule has 2 aromatic carbocycles. The highest BCUT2D eigenvalue weighted by atomic mass is 14.8. The van der Waals surface area contributed by atoms with Gasteiger partial charge in [-0.25, -0.2) is 0 Å². The van der Waals surface area contributed by atoms with Gasteiger partial charge in [0, 0.05) is 18.8 Å². The van der Waals surface area contributed by atoms with Gasteiger partial charge in [0.05, 0.1) is 0 Å². The third-order valence-corrected chi connectivity index (χ3v) is 2.44. The molecule has 0 fully saturated rings. The number of anilines is 1. The molecule has 0 unspecified atom stereocenters. The first-order valence-corrected chi connectivity index (χ1v) is 7.67. The van der Waals surface area contributed by atoms with Crippen LogP contribution in [0.1, 0.15) is 12.5 Å². The summed E-state index contributed by atoms with van der Waals surface area (Å²) in [4.78, 5) is 0. The molecule has 2 aromatic rings. The van der Waals surface area contributed by atoms with E-state index >= 15 is 0 Å². The summed E-state index contributed by atoms with van der Waals surface area (Å²) in [5.74, 6) is 0. The highest BCUT2D eigenvalue weighted by molar-refractivity contribution is 5.35. The third-order valence-electron chi connectivity index (χ3n) is 2.44. The van der Waals surface area contributed by atoms with E-state index in [-0.39, 0.29) is 0 Å². The Morgan fingerprint density at radius 3 is 1.61 bits per heavy atom. The van der Waals surface area contributed by atoms with E-state index in [2.05, 4.69) is 48.8 Å². The molecule has 128 valence electrons. The number of nitrogens with one attached hydrogen (secondary N) is 1. The van der Waals surface area contributed by atoms with Gasteiger partial charge in [0.1, 0.15) is 0 Å². The number of nitrogen functional groups attached to an aromatic ring is 1. The monoisotopic (exact) mass is 316 g/mol. The molecule has 0 atom stereocenters. The summed E-state index contributed by atoms with van der Waals surface area (Å²) >= 11 is 0. The summed E-state index contributed by atoms with van der Waals surface area (Å²) in [7, 11) is 1.88. The molecule has 0 amide bonds. The molecule has 7 N–H and O–H groups in total. The van der Waals surface area contributed by atoms with Crippen molar-refractivity contribution in [2.45, 2.75) is 13.3 Å². The molecule has 4 nitrogen and oxygen atoms in total. The van der Waals surface area contributed by atoms with E-state index < -0.39 is 0 Å². The Morgan fingerprint density at radius 1 is 1.00 bits per heavy atom. The van der Waals surface area contributed by atoms with Gasteiger partial charge in [-0.2, -0.15) is 0 Å². The van der Waals surface area contributed by atoms with Gasteiger partial charge >= 0.3 is 0 Å². The summed E-state index contributed by atoms with van der Waals surface area (Å²) in [5, 5.41) is 2.89. The molecule has 0 aromatic heterocycles. The predicted octanol–water partition coefficient (Wildman–Crippen LogP) is 2.77. The van der Waals surface area contributed by atoms with Gasteiger partial charge in [-0.1, -0.05) is 62.0 Å². The summed E-state index contributed by atoms with van der Waals surface area (Å²) in [6.07, 6.45) is 2.39. The molecular formula is C19H32N4. The van der Waals surface area contributed by atoms with Gasteiger partial charge < -0.3 is 22.5 Å². The fourth-order valence-electron chi connectivity index (χ4n) is 1.31. The lowest BCUT2D eigenvalue weighted by Crippen LogP contribution is -2.17. The first-order chi connectivity index (χ1) is 11.2. The van der Waals surface area contributed by atoms with Crippen LogP contribution >= 0.6 is 0 Å². The van der Waals surface area contributed by atoms with Crippen LogP contribution in [0.4, 0.5) is 5.69 Å². The Hall–Kier alpha value is -2.30. The Labute approximate surface area is 141 Å². The summed E-state index contributed by atoms with van der Waals surface area (Å²) in [6.45, 7) is 6.95. The summed E-state index contributed by atoms with van der Waals surface area (Å²) in [5.41, 5.74) is 17.3. The summed E-state index contributed by atoms with van der Waals surface area (Å²) < 4.78 is 0. The Bertz CT molecular complexity index is 441.